The number of benzene rings is 1. The molecule has 0 atom stereocenters. The van der Waals surface area contributed by atoms with Crippen LogP contribution in [-0.4, -0.2) is 9.97 Å². The average molecular weight is 197 g/mol. The fraction of sp³-hybridized carbons (Fsp3) is 0. The Hall–Kier alpha value is -2.41. The maximum atomic E-state index is 11.4. The van der Waals surface area contributed by atoms with E-state index in [0.717, 1.165) is 0 Å². The average Bonchev–Trinajstić information content (AvgIpc) is 2.30. The zero-order chi connectivity index (χ0) is 10.7. The molecule has 0 saturated heterocycles. The maximum absolute atomic E-state index is 11.4. The second-order valence-corrected chi connectivity index (χ2v) is 2.96. The van der Waals surface area contributed by atoms with Gasteiger partial charge in [-0.1, -0.05) is 12.1 Å². The fourth-order valence-corrected chi connectivity index (χ4v) is 1.29. The van der Waals surface area contributed by atoms with E-state index in [4.69, 9.17) is 5.26 Å². The standard InChI is InChI=1S/C11H7N3O/c12-7-8-2-1-3-9(6-8)10-11(15)14-5-4-13-10/h1-6H,(H,14,15). The van der Waals surface area contributed by atoms with Gasteiger partial charge in [0.25, 0.3) is 5.56 Å². The summed E-state index contributed by atoms with van der Waals surface area (Å²) in [5.41, 5.74) is 1.23. The highest BCUT2D eigenvalue weighted by atomic mass is 16.1. The first-order valence-corrected chi connectivity index (χ1v) is 4.35. The minimum atomic E-state index is -0.257. The van der Waals surface area contributed by atoms with Crippen LogP contribution in [0, 0.1) is 11.3 Å². The van der Waals surface area contributed by atoms with E-state index in [2.05, 4.69) is 9.97 Å². The van der Waals surface area contributed by atoms with Gasteiger partial charge < -0.3 is 4.98 Å². The van der Waals surface area contributed by atoms with Crippen molar-refractivity contribution in [3.8, 4) is 17.3 Å². The van der Waals surface area contributed by atoms with Crippen LogP contribution in [0.15, 0.2) is 41.5 Å². The summed E-state index contributed by atoms with van der Waals surface area (Å²) in [6.07, 6.45) is 2.98. The van der Waals surface area contributed by atoms with Gasteiger partial charge in [-0.25, -0.2) is 4.98 Å². The summed E-state index contributed by atoms with van der Waals surface area (Å²) in [6, 6.07) is 8.81. The highest BCUT2D eigenvalue weighted by Gasteiger charge is 2.03. The summed E-state index contributed by atoms with van der Waals surface area (Å²) in [5, 5.41) is 8.72. The van der Waals surface area contributed by atoms with Crippen LogP contribution in [0.3, 0.4) is 0 Å². The molecule has 2 aromatic rings. The van der Waals surface area contributed by atoms with Gasteiger partial charge in [-0.3, -0.25) is 4.79 Å². The third-order valence-electron chi connectivity index (χ3n) is 1.97. The quantitative estimate of drug-likeness (QED) is 0.749. The van der Waals surface area contributed by atoms with E-state index in [-0.39, 0.29) is 5.56 Å². The zero-order valence-corrected chi connectivity index (χ0v) is 7.77. The smallest absolute Gasteiger partial charge is 0.274 e. The SMILES string of the molecule is N#Cc1cccc(-c2ncc[nH]c2=O)c1. The van der Waals surface area contributed by atoms with Gasteiger partial charge in [0.2, 0.25) is 0 Å². The molecule has 1 N–H and O–H groups in total. The molecule has 2 rings (SSSR count). The van der Waals surface area contributed by atoms with E-state index in [1.165, 1.54) is 12.4 Å². The molecular weight excluding hydrogens is 190 g/mol. The molecule has 0 saturated carbocycles. The predicted octanol–water partition coefficient (Wildman–Crippen LogP) is 1.31. The van der Waals surface area contributed by atoms with Gasteiger partial charge in [-0.15, -0.1) is 0 Å². The lowest BCUT2D eigenvalue weighted by molar-refractivity contribution is 1.14. The normalized spacial score (nSPS) is 9.53. The molecule has 0 fully saturated rings. The van der Waals surface area contributed by atoms with E-state index in [1.807, 2.05) is 6.07 Å². The van der Waals surface area contributed by atoms with Crippen LogP contribution < -0.4 is 5.56 Å². The van der Waals surface area contributed by atoms with Crippen molar-refractivity contribution in [1.29, 1.82) is 5.26 Å². The van der Waals surface area contributed by atoms with Crippen LogP contribution in [0.25, 0.3) is 11.3 Å². The molecule has 0 amide bonds. The summed E-state index contributed by atoms with van der Waals surface area (Å²) >= 11 is 0. The predicted molar refractivity (Wildman–Crippen MR) is 55.0 cm³/mol. The molecule has 4 nitrogen and oxygen atoms in total. The number of nitrogens with zero attached hydrogens (tertiary/aromatic N) is 2. The molecular formula is C11H7N3O. The van der Waals surface area contributed by atoms with E-state index < -0.39 is 0 Å². The molecule has 4 heteroatoms. The third kappa shape index (κ3) is 1.76. The van der Waals surface area contributed by atoms with Crippen molar-refractivity contribution in [2.24, 2.45) is 0 Å². The summed E-state index contributed by atoms with van der Waals surface area (Å²) in [6.45, 7) is 0. The van der Waals surface area contributed by atoms with Crippen molar-refractivity contribution in [1.82, 2.24) is 9.97 Å². The molecule has 0 radical (unpaired) electrons. The maximum Gasteiger partial charge on any atom is 0.274 e. The number of aromatic amines is 1. The number of rotatable bonds is 1. The van der Waals surface area contributed by atoms with Gasteiger partial charge in [-0.05, 0) is 12.1 Å². The van der Waals surface area contributed by atoms with E-state index in [0.29, 0.717) is 16.8 Å². The summed E-state index contributed by atoms with van der Waals surface area (Å²) in [7, 11) is 0. The van der Waals surface area contributed by atoms with Gasteiger partial charge >= 0.3 is 0 Å². The number of H-pyrrole nitrogens is 1. The van der Waals surface area contributed by atoms with Crippen molar-refractivity contribution < 1.29 is 0 Å². The van der Waals surface area contributed by atoms with Crippen LogP contribution in [0.4, 0.5) is 0 Å². The topological polar surface area (TPSA) is 69.5 Å². The molecule has 0 aliphatic heterocycles. The van der Waals surface area contributed by atoms with Crippen LogP contribution in [0.5, 0.6) is 0 Å². The zero-order valence-electron chi connectivity index (χ0n) is 7.77. The molecule has 0 spiro atoms. The highest BCUT2D eigenvalue weighted by molar-refractivity contribution is 5.60. The minimum Gasteiger partial charge on any atom is -0.326 e. The van der Waals surface area contributed by atoms with Crippen molar-refractivity contribution in [3.63, 3.8) is 0 Å². The minimum absolute atomic E-state index is 0.257. The number of hydrogen-bond acceptors (Lipinski definition) is 3. The van der Waals surface area contributed by atoms with E-state index >= 15 is 0 Å². The van der Waals surface area contributed by atoms with Crippen LogP contribution in [-0.2, 0) is 0 Å². The first-order valence-electron chi connectivity index (χ1n) is 4.35. The Balaban J connectivity index is 2.61. The van der Waals surface area contributed by atoms with Gasteiger partial charge in [0.15, 0.2) is 0 Å². The molecule has 1 heterocycles. The third-order valence-corrected chi connectivity index (χ3v) is 1.97. The van der Waals surface area contributed by atoms with E-state index in [1.54, 1.807) is 24.3 Å². The van der Waals surface area contributed by atoms with Gasteiger partial charge in [-0.2, -0.15) is 5.26 Å². The van der Waals surface area contributed by atoms with Gasteiger partial charge in [0.1, 0.15) is 5.69 Å². The molecule has 0 bridgehead atoms. The first kappa shape index (κ1) is 9.16. The number of aromatic nitrogens is 2. The monoisotopic (exact) mass is 197 g/mol. The molecule has 0 aliphatic carbocycles. The Morgan fingerprint density at radius 2 is 2.27 bits per heavy atom. The highest BCUT2D eigenvalue weighted by Crippen LogP contribution is 2.13. The van der Waals surface area contributed by atoms with Crippen LogP contribution >= 0.6 is 0 Å². The first-order chi connectivity index (χ1) is 7.31. The number of hydrogen-bond donors (Lipinski definition) is 1. The molecule has 15 heavy (non-hydrogen) atoms. The van der Waals surface area contributed by atoms with E-state index in [9.17, 15) is 4.79 Å². The Labute approximate surface area is 85.8 Å². The Kier molecular flexibility index (Phi) is 2.30. The number of nitrogens with one attached hydrogen (secondary N) is 1. The summed E-state index contributed by atoms with van der Waals surface area (Å²) < 4.78 is 0. The lowest BCUT2D eigenvalue weighted by Gasteiger charge is -1.98. The Morgan fingerprint density at radius 3 is 3.00 bits per heavy atom. The van der Waals surface area contributed by atoms with Crippen molar-refractivity contribution in [3.05, 3.63) is 52.6 Å². The van der Waals surface area contributed by atoms with Crippen LogP contribution in [0.2, 0.25) is 0 Å². The Morgan fingerprint density at radius 1 is 1.40 bits per heavy atom. The fourth-order valence-electron chi connectivity index (χ4n) is 1.29. The van der Waals surface area contributed by atoms with Crippen molar-refractivity contribution in [2.45, 2.75) is 0 Å². The van der Waals surface area contributed by atoms with Gasteiger partial charge in [0, 0.05) is 18.0 Å². The van der Waals surface area contributed by atoms with Gasteiger partial charge in [0.05, 0.1) is 11.6 Å². The molecule has 1 aromatic heterocycles. The molecule has 0 aliphatic rings. The molecule has 0 unspecified atom stereocenters. The summed E-state index contributed by atoms with van der Waals surface area (Å²) in [5.74, 6) is 0. The largest absolute Gasteiger partial charge is 0.326 e. The number of nitriles is 1. The van der Waals surface area contributed by atoms with Crippen molar-refractivity contribution in [2.75, 3.05) is 0 Å². The second kappa shape index (κ2) is 3.76. The molecule has 72 valence electrons. The van der Waals surface area contributed by atoms with Crippen molar-refractivity contribution >= 4 is 0 Å². The lowest BCUT2D eigenvalue weighted by atomic mass is 10.1. The van der Waals surface area contributed by atoms with Crippen LogP contribution in [0.1, 0.15) is 5.56 Å². The molecule has 1 aromatic carbocycles. The lowest BCUT2D eigenvalue weighted by Crippen LogP contribution is -2.09. The second-order valence-electron chi connectivity index (χ2n) is 2.96. The Bertz CT molecular complexity index is 581. The summed E-state index contributed by atoms with van der Waals surface area (Å²) in [4.78, 5) is 17.9.